The van der Waals surface area contributed by atoms with E-state index in [0.717, 1.165) is 29.9 Å². The minimum absolute atomic E-state index is 0.809. The van der Waals surface area contributed by atoms with E-state index in [1.165, 1.54) is 23.5 Å². The second kappa shape index (κ2) is 4.64. The molecule has 0 atom stereocenters. The van der Waals surface area contributed by atoms with E-state index in [4.69, 9.17) is 0 Å². The molecule has 0 aromatic heterocycles. The van der Waals surface area contributed by atoms with Crippen molar-refractivity contribution in [3.05, 3.63) is 25.9 Å². The van der Waals surface area contributed by atoms with Crippen LogP contribution in [0.25, 0.3) is 0 Å². The molecule has 4 rings (SSSR count). The van der Waals surface area contributed by atoms with Crippen LogP contribution in [-0.2, 0) is 0 Å². The van der Waals surface area contributed by atoms with Crippen molar-refractivity contribution in [3.63, 3.8) is 0 Å². The van der Waals surface area contributed by atoms with Gasteiger partial charge in [-0.3, -0.25) is 0 Å². The van der Waals surface area contributed by atoms with Gasteiger partial charge in [0, 0.05) is 0 Å². The fourth-order valence-electron chi connectivity index (χ4n) is 1.80. The topological polar surface area (TPSA) is 0 Å². The van der Waals surface area contributed by atoms with Gasteiger partial charge in [-0.05, 0) is 0 Å². The molecule has 0 aromatic carbocycles. The van der Waals surface area contributed by atoms with E-state index < -0.39 is 0 Å². The molecule has 0 saturated carbocycles. The van der Waals surface area contributed by atoms with Crippen LogP contribution >= 0.6 is 47.0 Å². The Labute approximate surface area is 125 Å². The van der Waals surface area contributed by atoms with Crippen molar-refractivity contribution in [3.8, 4) is 0 Å². The summed E-state index contributed by atoms with van der Waals surface area (Å²) in [5.74, 6) is 0. The molecule has 0 fully saturated rings. The zero-order valence-corrected chi connectivity index (χ0v) is 15.0. The first-order valence-electron chi connectivity index (χ1n) is 5.08. The van der Waals surface area contributed by atoms with Gasteiger partial charge in [0.05, 0.1) is 0 Å². The zero-order chi connectivity index (χ0) is 10.5. The summed E-state index contributed by atoms with van der Waals surface area (Å²) in [4.78, 5) is 3.43. The molecule has 0 aromatic rings. The van der Waals surface area contributed by atoms with Gasteiger partial charge in [0.25, 0.3) is 0 Å². The standard InChI is InChI=1S/C10H8S4Se2/c1-3-15-9-5(1)11-7(13-9)8-12-6-2-4-16-10(6)14-8/h1-4H2/b8-7-. The third-order valence-electron chi connectivity index (χ3n) is 2.55. The molecule has 16 heavy (non-hydrogen) atoms. The van der Waals surface area contributed by atoms with Crippen LogP contribution in [0, 0.1) is 0 Å². The fraction of sp³-hybridized carbons (Fsp3) is 0.400. The molecule has 4 heterocycles. The summed E-state index contributed by atoms with van der Waals surface area (Å²) in [6, 6.07) is 0. The summed E-state index contributed by atoms with van der Waals surface area (Å²) >= 11 is 10.0. The molecule has 0 N–H and O–H groups in total. The third-order valence-corrected chi connectivity index (χ3v) is 14.8. The Morgan fingerprint density at radius 2 is 1.19 bits per heavy atom. The van der Waals surface area contributed by atoms with E-state index in [-0.39, 0.29) is 0 Å². The van der Waals surface area contributed by atoms with Gasteiger partial charge in [-0.25, -0.2) is 0 Å². The first-order valence-corrected chi connectivity index (χ1v) is 12.5. The van der Waals surface area contributed by atoms with Crippen LogP contribution in [0.2, 0.25) is 10.6 Å². The molecular weight excluding hydrogens is 406 g/mol. The van der Waals surface area contributed by atoms with Crippen LogP contribution < -0.4 is 0 Å². The Bertz CT molecular complexity index is 385. The Morgan fingerprint density at radius 3 is 1.62 bits per heavy atom. The molecule has 4 aliphatic heterocycles. The van der Waals surface area contributed by atoms with Crippen LogP contribution in [0.5, 0.6) is 0 Å². The summed E-state index contributed by atoms with van der Waals surface area (Å²) in [5, 5.41) is 2.91. The predicted octanol–water partition coefficient (Wildman–Crippen LogP) is 4.46. The summed E-state index contributed by atoms with van der Waals surface area (Å²) in [6.07, 6.45) is 2.74. The van der Waals surface area contributed by atoms with Gasteiger partial charge in [-0.2, -0.15) is 0 Å². The van der Waals surface area contributed by atoms with Gasteiger partial charge in [0.15, 0.2) is 0 Å². The van der Waals surface area contributed by atoms with Crippen LogP contribution in [0.15, 0.2) is 25.9 Å². The second-order valence-corrected chi connectivity index (χ2v) is 14.2. The number of rotatable bonds is 0. The Kier molecular flexibility index (Phi) is 3.33. The van der Waals surface area contributed by atoms with Crippen molar-refractivity contribution in [2.75, 3.05) is 0 Å². The van der Waals surface area contributed by atoms with Crippen molar-refractivity contribution in [2.24, 2.45) is 0 Å². The Morgan fingerprint density at radius 1 is 0.688 bits per heavy atom. The molecule has 84 valence electrons. The van der Waals surface area contributed by atoms with Gasteiger partial charge in [0.2, 0.25) is 0 Å². The summed E-state index contributed by atoms with van der Waals surface area (Å²) in [5.41, 5.74) is 0. The molecule has 0 nitrogen and oxygen atoms in total. The van der Waals surface area contributed by atoms with Gasteiger partial charge in [-0.1, -0.05) is 0 Å². The van der Waals surface area contributed by atoms with Crippen molar-refractivity contribution >= 4 is 77.0 Å². The SMILES string of the molecule is C1CC2=C(S/C(=C3/SC4=C(S3)[Se]CC4)S2)[Se]1. The van der Waals surface area contributed by atoms with Crippen LogP contribution in [0.1, 0.15) is 12.8 Å². The maximum absolute atomic E-state index is 2.11. The monoisotopic (exact) mass is 416 g/mol. The quantitative estimate of drug-likeness (QED) is 0.537. The van der Waals surface area contributed by atoms with E-state index >= 15 is 0 Å². The van der Waals surface area contributed by atoms with Gasteiger partial charge in [0.1, 0.15) is 0 Å². The molecular formula is C10H8S4Se2. The second-order valence-electron chi connectivity index (χ2n) is 3.60. The molecule has 0 unspecified atom stereocenters. The number of hydrogen-bond donors (Lipinski definition) is 0. The van der Waals surface area contributed by atoms with Crippen LogP contribution in [-0.4, -0.2) is 29.9 Å². The number of thioether (sulfide) groups is 4. The number of hydrogen-bond acceptors (Lipinski definition) is 4. The molecule has 0 radical (unpaired) electrons. The van der Waals surface area contributed by atoms with Gasteiger partial charge < -0.3 is 0 Å². The molecule has 0 bridgehead atoms. The van der Waals surface area contributed by atoms with Gasteiger partial charge in [-0.15, -0.1) is 0 Å². The van der Waals surface area contributed by atoms with E-state index in [2.05, 4.69) is 47.0 Å². The van der Waals surface area contributed by atoms with Crippen LogP contribution in [0.3, 0.4) is 0 Å². The zero-order valence-electron chi connectivity index (χ0n) is 8.28. The van der Waals surface area contributed by atoms with Crippen LogP contribution in [0.4, 0.5) is 0 Å². The Hall–Kier alpha value is 1.66. The van der Waals surface area contributed by atoms with E-state index in [1.807, 2.05) is 0 Å². The first kappa shape index (κ1) is 11.5. The number of allylic oxidation sites excluding steroid dienone is 2. The van der Waals surface area contributed by atoms with Crippen molar-refractivity contribution in [1.82, 2.24) is 0 Å². The molecule has 0 spiro atoms. The fourth-order valence-corrected chi connectivity index (χ4v) is 15.2. The van der Waals surface area contributed by atoms with E-state index in [9.17, 15) is 0 Å². The van der Waals surface area contributed by atoms with E-state index in [0.29, 0.717) is 0 Å². The molecule has 6 heteroatoms. The van der Waals surface area contributed by atoms with Gasteiger partial charge >= 0.3 is 126 Å². The summed E-state index contributed by atoms with van der Waals surface area (Å²) < 4.78 is 6.73. The molecule has 0 aliphatic carbocycles. The average molecular weight is 414 g/mol. The maximum atomic E-state index is 2.11. The molecule has 0 saturated heterocycles. The minimum atomic E-state index is 0.809. The summed E-state index contributed by atoms with van der Waals surface area (Å²) in [7, 11) is 0. The predicted molar refractivity (Wildman–Crippen MR) is 81.8 cm³/mol. The third kappa shape index (κ3) is 1.94. The molecule has 0 amide bonds. The average Bonchev–Trinajstić information content (AvgIpc) is 2.94. The Balaban J connectivity index is 1.56. The normalized spacial score (nSPS) is 33.0. The van der Waals surface area contributed by atoms with Crippen molar-refractivity contribution in [2.45, 2.75) is 23.5 Å². The van der Waals surface area contributed by atoms with Crippen molar-refractivity contribution in [1.29, 1.82) is 0 Å². The summed E-state index contributed by atoms with van der Waals surface area (Å²) in [6.45, 7) is 0. The molecule has 4 aliphatic rings. The van der Waals surface area contributed by atoms with Crippen molar-refractivity contribution < 1.29 is 0 Å². The van der Waals surface area contributed by atoms with E-state index in [1.54, 1.807) is 25.9 Å². The first-order chi connectivity index (χ1) is 7.90.